The van der Waals surface area contributed by atoms with Gasteiger partial charge in [0.1, 0.15) is 0 Å². The molecule has 1 atom stereocenters. The molecule has 0 bridgehead atoms. The first-order chi connectivity index (χ1) is 3.31. The fraction of sp³-hybridized carbons (Fsp3) is 1.00. The van der Waals surface area contributed by atoms with Crippen LogP contribution in [0, 0.1) is 5.92 Å². The van der Waals surface area contributed by atoms with E-state index in [0.717, 1.165) is 0 Å². The molecule has 0 amide bonds. The number of rotatable bonds is 3. The third-order valence-corrected chi connectivity index (χ3v) is 0.692. The lowest BCUT2D eigenvalue weighted by Crippen LogP contribution is -2.12. The molecule has 0 fully saturated rings. The average Bonchev–Trinajstić information content (AvgIpc) is 1.68. The van der Waals surface area contributed by atoms with E-state index in [9.17, 15) is 0 Å². The first-order valence-electron chi connectivity index (χ1n) is 2.23. The highest BCUT2D eigenvalue weighted by molar-refractivity contribution is 4.43. The molecule has 0 aromatic heterocycles. The molecule has 3 heteroatoms. The summed E-state index contributed by atoms with van der Waals surface area (Å²) in [5.74, 6) is 4.85. The monoisotopic (exact) mass is 105 g/mol. The molecule has 1 unspecified atom stereocenters. The van der Waals surface area contributed by atoms with Crippen LogP contribution >= 0.6 is 0 Å². The van der Waals surface area contributed by atoms with Gasteiger partial charge in [0.25, 0.3) is 0 Å². The Morgan fingerprint density at radius 1 is 1.86 bits per heavy atom. The smallest absolute Gasteiger partial charge is 0.0726 e. The summed E-state index contributed by atoms with van der Waals surface area (Å²) in [6.07, 6.45) is 0. The molecule has 0 saturated carbocycles. The standard InChI is InChI=1S/C4H11NO2/c1-4(2-6)3-7-5/h4,6H,2-3,5H2,1H3. The Labute approximate surface area is 43.0 Å². The van der Waals surface area contributed by atoms with Gasteiger partial charge in [-0.15, -0.1) is 0 Å². The van der Waals surface area contributed by atoms with E-state index in [4.69, 9.17) is 11.0 Å². The minimum Gasteiger partial charge on any atom is -0.396 e. The lowest BCUT2D eigenvalue weighted by molar-refractivity contribution is 0.0809. The van der Waals surface area contributed by atoms with Crippen LogP contribution in [0.15, 0.2) is 0 Å². The highest BCUT2D eigenvalue weighted by Gasteiger charge is 1.95. The van der Waals surface area contributed by atoms with Gasteiger partial charge in [0, 0.05) is 12.5 Å². The fourth-order valence-electron chi connectivity index (χ4n) is 0.217. The van der Waals surface area contributed by atoms with E-state index in [1.165, 1.54) is 0 Å². The fourth-order valence-corrected chi connectivity index (χ4v) is 0.217. The van der Waals surface area contributed by atoms with Crippen molar-refractivity contribution in [2.75, 3.05) is 13.2 Å². The Hall–Kier alpha value is -0.120. The Morgan fingerprint density at radius 2 is 2.43 bits per heavy atom. The summed E-state index contributed by atoms with van der Waals surface area (Å²) < 4.78 is 0. The van der Waals surface area contributed by atoms with E-state index in [1.54, 1.807) is 0 Å². The van der Waals surface area contributed by atoms with Crippen LogP contribution in [-0.2, 0) is 4.84 Å². The van der Waals surface area contributed by atoms with Gasteiger partial charge in [-0.25, -0.2) is 5.90 Å². The third kappa shape index (κ3) is 3.72. The van der Waals surface area contributed by atoms with Crippen LogP contribution in [0.5, 0.6) is 0 Å². The van der Waals surface area contributed by atoms with Crippen molar-refractivity contribution in [3.05, 3.63) is 0 Å². The van der Waals surface area contributed by atoms with Crippen molar-refractivity contribution in [2.24, 2.45) is 11.8 Å². The summed E-state index contributed by atoms with van der Waals surface area (Å²) in [6, 6.07) is 0. The molecule has 3 nitrogen and oxygen atoms in total. The average molecular weight is 105 g/mol. The quantitative estimate of drug-likeness (QED) is 0.476. The number of hydrogen-bond donors (Lipinski definition) is 2. The second kappa shape index (κ2) is 4.05. The van der Waals surface area contributed by atoms with Crippen LogP contribution < -0.4 is 5.90 Å². The van der Waals surface area contributed by atoms with Crippen molar-refractivity contribution >= 4 is 0 Å². The van der Waals surface area contributed by atoms with Gasteiger partial charge in [-0.1, -0.05) is 6.92 Å². The second-order valence-electron chi connectivity index (χ2n) is 1.62. The predicted octanol–water partition coefficient (Wildman–Crippen LogP) is -0.495. The van der Waals surface area contributed by atoms with Crippen LogP contribution in [0.3, 0.4) is 0 Å². The van der Waals surface area contributed by atoms with Crippen LogP contribution in [0.2, 0.25) is 0 Å². The van der Waals surface area contributed by atoms with Gasteiger partial charge in [0.15, 0.2) is 0 Å². The Morgan fingerprint density at radius 3 is 2.57 bits per heavy atom. The van der Waals surface area contributed by atoms with E-state index < -0.39 is 0 Å². The molecule has 0 aliphatic heterocycles. The molecule has 0 spiro atoms. The molecule has 44 valence electrons. The molecule has 7 heavy (non-hydrogen) atoms. The lowest BCUT2D eigenvalue weighted by atomic mass is 10.2. The van der Waals surface area contributed by atoms with Gasteiger partial charge in [-0.3, -0.25) is 0 Å². The van der Waals surface area contributed by atoms with E-state index in [2.05, 4.69) is 4.84 Å². The molecule has 0 rings (SSSR count). The highest BCUT2D eigenvalue weighted by atomic mass is 16.6. The molecule has 0 aliphatic rings. The highest BCUT2D eigenvalue weighted by Crippen LogP contribution is 1.88. The minimum atomic E-state index is 0.136. The van der Waals surface area contributed by atoms with E-state index >= 15 is 0 Å². The normalized spacial score (nSPS) is 14.1. The molecular formula is C4H11NO2. The van der Waals surface area contributed by atoms with Crippen molar-refractivity contribution in [1.29, 1.82) is 0 Å². The summed E-state index contributed by atoms with van der Waals surface area (Å²) in [6.45, 7) is 2.42. The van der Waals surface area contributed by atoms with Gasteiger partial charge in [0.05, 0.1) is 6.61 Å². The van der Waals surface area contributed by atoms with E-state index in [-0.39, 0.29) is 12.5 Å². The van der Waals surface area contributed by atoms with Gasteiger partial charge >= 0.3 is 0 Å². The molecule has 3 N–H and O–H groups in total. The van der Waals surface area contributed by atoms with Crippen LogP contribution in [-0.4, -0.2) is 18.3 Å². The van der Waals surface area contributed by atoms with Gasteiger partial charge < -0.3 is 9.94 Å². The number of aliphatic hydroxyl groups excluding tert-OH is 1. The summed E-state index contributed by atoms with van der Waals surface area (Å²) in [4.78, 5) is 4.23. The first kappa shape index (κ1) is 6.88. The predicted molar refractivity (Wildman–Crippen MR) is 26.4 cm³/mol. The van der Waals surface area contributed by atoms with Crippen molar-refractivity contribution in [3.63, 3.8) is 0 Å². The zero-order valence-electron chi connectivity index (χ0n) is 4.42. The van der Waals surface area contributed by atoms with E-state index in [1.807, 2.05) is 6.92 Å². The van der Waals surface area contributed by atoms with Gasteiger partial charge in [-0.2, -0.15) is 0 Å². The maximum absolute atomic E-state index is 8.33. The van der Waals surface area contributed by atoms with Gasteiger partial charge in [0.2, 0.25) is 0 Å². The molecule has 0 aromatic carbocycles. The topological polar surface area (TPSA) is 55.5 Å². The number of nitrogens with two attached hydrogens (primary N) is 1. The number of hydrogen-bond acceptors (Lipinski definition) is 3. The summed E-state index contributed by atoms with van der Waals surface area (Å²) >= 11 is 0. The molecular weight excluding hydrogens is 94.0 g/mol. The van der Waals surface area contributed by atoms with Crippen molar-refractivity contribution in [3.8, 4) is 0 Å². The third-order valence-electron chi connectivity index (χ3n) is 0.692. The summed E-state index contributed by atoms with van der Waals surface area (Å²) in [5.41, 5.74) is 0. The molecule has 0 radical (unpaired) electrons. The van der Waals surface area contributed by atoms with Crippen molar-refractivity contribution in [2.45, 2.75) is 6.92 Å². The van der Waals surface area contributed by atoms with Crippen molar-refractivity contribution < 1.29 is 9.94 Å². The summed E-state index contributed by atoms with van der Waals surface area (Å²) in [5, 5.41) is 8.33. The zero-order chi connectivity index (χ0) is 5.70. The first-order valence-corrected chi connectivity index (χ1v) is 2.23. The summed E-state index contributed by atoms with van der Waals surface area (Å²) in [7, 11) is 0. The maximum atomic E-state index is 8.33. The number of aliphatic hydroxyl groups is 1. The molecule has 0 aromatic rings. The van der Waals surface area contributed by atoms with Crippen LogP contribution in [0.4, 0.5) is 0 Å². The van der Waals surface area contributed by atoms with Crippen LogP contribution in [0.1, 0.15) is 6.92 Å². The molecule has 0 saturated heterocycles. The Kier molecular flexibility index (Phi) is 3.98. The van der Waals surface area contributed by atoms with Gasteiger partial charge in [-0.05, 0) is 0 Å². The second-order valence-corrected chi connectivity index (χ2v) is 1.62. The maximum Gasteiger partial charge on any atom is 0.0726 e. The van der Waals surface area contributed by atoms with E-state index in [0.29, 0.717) is 6.61 Å². The van der Waals surface area contributed by atoms with Crippen LogP contribution in [0.25, 0.3) is 0 Å². The lowest BCUT2D eigenvalue weighted by Gasteiger charge is -2.01. The Bertz CT molecular complexity index is 40.7. The Balaban J connectivity index is 2.83. The van der Waals surface area contributed by atoms with Crippen molar-refractivity contribution in [1.82, 2.24) is 0 Å². The largest absolute Gasteiger partial charge is 0.396 e. The minimum absolute atomic E-state index is 0.136. The zero-order valence-corrected chi connectivity index (χ0v) is 4.42. The molecule has 0 aliphatic carbocycles. The SMILES string of the molecule is CC(CO)CON. The molecule has 0 heterocycles.